The van der Waals surface area contributed by atoms with Crippen LogP contribution in [0.25, 0.3) is 10.8 Å². The Kier molecular flexibility index (Phi) is 3.21. The molecule has 1 atom stereocenters. The second-order valence-corrected chi connectivity index (χ2v) is 4.93. The van der Waals surface area contributed by atoms with Crippen LogP contribution >= 0.6 is 0 Å². The van der Waals surface area contributed by atoms with Gasteiger partial charge in [-0.1, -0.05) is 30.3 Å². The Morgan fingerprint density at radius 1 is 1.12 bits per heavy atom. The van der Waals surface area contributed by atoms with Gasteiger partial charge in [0, 0.05) is 6.04 Å². The lowest BCUT2D eigenvalue weighted by Crippen LogP contribution is -2.18. The highest BCUT2D eigenvalue weighted by Crippen LogP contribution is 2.31. The van der Waals surface area contributed by atoms with Crippen molar-refractivity contribution in [1.82, 2.24) is 4.90 Å². The minimum atomic E-state index is 0.194. The molecule has 0 fully saturated rings. The zero-order chi connectivity index (χ0) is 12.6. The fourth-order valence-corrected chi connectivity index (χ4v) is 2.31. The van der Waals surface area contributed by atoms with E-state index in [1.54, 1.807) is 0 Å². The van der Waals surface area contributed by atoms with Crippen LogP contribution in [0.4, 0.5) is 0 Å². The van der Waals surface area contributed by atoms with Gasteiger partial charge < -0.3 is 4.90 Å². The maximum Gasteiger partial charge on any atom is 0.0351 e. The Morgan fingerprint density at radius 2 is 1.76 bits per heavy atom. The summed E-state index contributed by atoms with van der Waals surface area (Å²) < 4.78 is 0. The molecule has 0 aliphatic heterocycles. The molecular formula is C16H20N. The smallest absolute Gasteiger partial charge is 0.0351 e. The zero-order valence-corrected chi connectivity index (χ0v) is 11.1. The van der Waals surface area contributed by atoms with Crippen molar-refractivity contribution in [2.24, 2.45) is 0 Å². The van der Waals surface area contributed by atoms with Crippen LogP contribution in [-0.4, -0.2) is 19.0 Å². The summed E-state index contributed by atoms with van der Waals surface area (Å²) in [5.74, 6) is 0. The summed E-state index contributed by atoms with van der Waals surface area (Å²) in [7, 11) is 4.16. The summed E-state index contributed by atoms with van der Waals surface area (Å²) >= 11 is 0. The molecule has 1 heteroatoms. The van der Waals surface area contributed by atoms with Gasteiger partial charge in [-0.25, -0.2) is 0 Å². The van der Waals surface area contributed by atoms with E-state index >= 15 is 0 Å². The van der Waals surface area contributed by atoms with E-state index in [-0.39, 0.29) is 6.04 Å². The maximum atomic E-state index is 4.29. The predicted molar refractivity (Wildman–Crippen MR) is 75.2 cm³/mol. The molecular weight excluding hydrogens is 206 g/mol. The minimum Gasteiger partial charge on any atom is -0.302 e. The van der Waals surface area contributed by atoms with Crippen molar-refractivity contribution in [2.75, 3.05) is 14.1 Å². The molecule has 89 valence electrons. The summed E-state index contributed by atoms with van der Waals surface area (Å²) in [6, 6.07) is 11.0. The lowest BCUT2D eigenvalue weighted by Gasteiger charge is -2.24. The first-order valence-corrected chi connectivity index (χ1v) is 6.00. The van der Waals surface area contributed by atoms with Crippen molar-refractivity contribution in [3.63, 3.8) is 0 Å². The van der Waals surface area contributed by atoms with Crippen LogP contribution in [0.5, 0.6) is 0 Å². The van der Waals surface area contributed by atoms with E-state index in [4.69, 9.17) is 0 Å². The van der Waals surface area contributed by atoms with Crippen molar-refractivity contribution < 1.29 is 0 Å². The first-order valence-electron chi connectivity index (χ1n) is 6.00. The lowest BCUT2D eigenvalue weighted by molar-refractivity contribution is 0.349. The monoisotopic (exact) mass is 226 g/mol. The van der Waals surface area contributed by atoms with Crippen molar-refractivity contribution in [1.29, 1.82) is 0 Å². The molecule has 0 heterocycles. The number of fused-ring (bicyclic) bond motifs is 1. The number of benzene rings is 2. The highest BCUT2D eigenvalue weighted by Gasteiger charge is 2.15. The Bertz CT molecular complexity index is 540. The molecule has 0 saturated heterocycles. The number of rotatable bonds is 2. The molecule has 0 aliphatic rings. The largest absolute Gasteiger partial charge is 0.302 e. The molecule has 0 saturated carbocycles. The quantitative estimate of drug-likeness (QED) is 0.751. The highest BCUT2D eigenvalue weighted by atomic mass is 15.1. The topological polar surface area (TPSA) is 3.24 Å². The third-order valence-corrected chi connectivity index (χ3v) is 3.58. The van der Waals surface area contributed by atoms with Gasteiger partial charge in [0.1, 0.15) is 0 Å². The van der Waals surface area contributed by atoms with E-state index in [9.17, 15) is 0 Å². The van der Waals surface area contributed by atoms with E-state index in [0.29, 0.717) is 0 Å². The van der Waals surface area contributed by atoms with Gasteiger partial charge in [-0.05, 0) is 62.3 Å². The van der Waals surface area contributed by atoms with Crippen molar-refractivity contribution in [2.45, 2.75) is 19.9 Å². The molecule has 0 bridgehead atoms. The SMILES string of the molecule is [CH2]C(c1c(C)c(C)cc2ccccc12)N(C)C. The molecule has 0 spiro atoms. The minimum absolute atomic E-state index is 0.194. The van der Waals surface area contributed by atoms with Gasteiger partial charge in [-0.2, -0.15) is 0 Å². The van der Waals surface area contributed by atoms with Gasteiger partial charge in [-0.15, -0.1) is 0 Å². The molecule has 2 aromatic carbocycles. The average Bonchev–Trinajstić information content (AvgIpc) is 2.30. The van der Waals surface area contributed by atoms with Crippen LogP contribution in [0.1, 0.15) is 22.7 Å². The Labute approximate surface area is 104 Å². The van der Waals surface area contributed by atoms with E-state index in [0.717, 1.165) is 0 Å². The van der Waals surface area contributed by atoms with Crippen LogP contribution < -0.4 is 0 Å². The molecule has 17 heavy (non-hydrogen) atoms. The van der Waals surface area contributed by atoms with Gasteiger partial charge in [-0.3, -0.25) is 0 Å². The number of nitrogens with zero attached hydrogens (tertiary/aromatic N) is 1. The molecule has 0 aliphatic carbocycles. The fraction of sp³-hybridized carbons (Fsp3) is 0.312. The summed E-state index contributed by atoms with van der Waals surface area (Å²) in [6.07, 6.45) is 0. The molecule has 2 rings (SSSR count). The van der Waals surface area contributed by atoms with Gasteiger partial charge in [0.25, 0.3) is 0 Å². The van der Waals surface area contributed by atoms with Gasteiger partial charge >= 0.3 is 0 Å². The van der Waals surface area contributed by atoms with Gasteiger partial charge in [0.2, 0.25) is 0 Å². The predicted octanol–water partition coefficient (Wildman–Crippen LogP) is 3.89. The van der Waals surface area contributed by atoms with Crippen molar-refractivity contribution in [3.8, 4) is 0 Å². The maximum absolute atomic E-state index is 4.29. The van der Waals surface area contributed by atoms with E-state index in [1.165, 1.54) is 27.5 Å². The molecule has 1 nitrogen and oxygen atoms in total. The Morgan fingerprint density at radius 3 is 2.41 bits per heavy atom. The second-order valence-electron chi connectivity index (χ2n) is 4.93. The lowest BCUT2D eigenvalue weighted by atomic mass is 9.91. The van der Waals surface area contributed by atoms with Crippen LogP contribution in [-0.2, 0) is 0 Å². The van der Waals surface area contributed by atoms with Crippen LogP contribution in [0, 0.1) is 20.8 Å². The molecule has 0 aromatic heterocycles. The van der Waals surface area contributed by atoms with Crippen molar-refractivity contribution >= 4 is 10.8 Å². The fourth-order valence-electron chi connectivity index (χ4n) is 2.31. The van der Waals surface area contributed by atoms with E-state index in [2.05, 4.69) is 70.1 Å². The van der Waals surface area contributed by atoms with Crippen molar-refractivity contribution in [3.05, 3.63) is 53.9 Å². The van der Waals surface area contributed by atoms with Crippen LogP contribution in [0.2, 0.25) is 0 Å². The number of aryl methyl sites for hydroxylation is 1. The molecule has 1 radical (unpaired) electrons. The molecule has 2 aromatic rings. The first-order chi connectivity index (χ1) is 8.02. The van der Waals surface area contributed by atoms with Crippen LogP contribution in [0.15, 0.2) is 30.3 Å². The summed E-state index contributed by atoms with van der Waals surface area (Å²) in [4.78, 5) is 2.16. The summed E-state index contributed by atoms with van der Waals surface area (Å²) in [5.41, 5.74) is 4.05. The zero-order valence-electron chi connectivity index (χ0n) is 11.1. The average molecular weight is 226 g/mol. The number of hydrogen-bond donors (Lipinski definition) is 0. The Hall–Kier alpha value is -1.34. The molecule has 0 amide bonds. The molecule has 1 unspecified atom stereocenters. The standard InChI is InChI=1S/C16H20N/c1-11-10-14-8-6-7-9-15(14)16(12(11)2)13(3)17(4)5/h6-10,13H,3H2,1-2,4-5H3. The highest BCUT2D eigenvalue weighted by molar-refractivity contribution is 5.88. The first kappa shape index (κ1) is 12.1. The third-order valence-electron chi connectivity index (χ3n) is 3.58. The van der Waals surface area contributed by atoms with E-state index < -0.39 is 0 Å². The van der Waals surface area contributed by atoms with Gasteiger partial charge in [0.15, 0.2) is 0 Å². The summed E-state index contributed by atoms with van der Waals surface area (Å²) in [6.45, 7) is 8.65. The second kappa shape index (κ2) is 4.50. The van der Waals surface area contributed by atoms with Crippen LogP contribution in [0.3, 0.4) is 0 Å². The van der Waals surface area contributed by atoms with Gasteiger partial charge in [0.05, 0.1) is 0 Å². The normalized spacial score (nSPS) is 13.3. The number of hydrogen-bond acceptors (Lipinski definition) is 1. The Balaban J connectivity index is 2.78. The molecule has 0 N–H and O–H groups in total. The van der Waals surface area contributed by atoms with E-state index in [1.807, 2.05) is 0 Å². The third kappa shape index (κ3) is 2.07. The summed E-state index contributed by atoms with van der Waals surface area (Å²) in [5, 5.41) is 2.63.